The van der Waals surface area contributed by atoms with Crippen LogP contribution < -0.4 is 5.32 Å². The first-order valence-corrected chi connectivity index (χ1v) is 8.60. The van der Waals surface area contributed by atoms with Gasteiger partial charge in [0.25, 0.3) is 0 Å². The molecule has 1 aliphatic heterocycles. The van der Waals surface area contributed by atoms with Gasteiger partial charge in [-0.25, -0.2) is 0 Å². The molecule has 21 heavy (non-hydrogen) atoms. The Balaban J connectivity index is 2.26. The minimum Gasteiger partial charge on any atom is -0.308 e. The number of nitrogens with zero attached hydrogens (tertiary/aromatic N) is 2. The van der Waals surface area contributed by atoms with Gasteiger partial charge in [-0.05, 0) is 63.9 Å². The predicted molar refractivity (Wildman–Crippen MR) is 89.4 cm³/mol. The summed E-state index contributed by atoms with van der Waals surface area (Å²) in [5.74, 6) is 0. The van der Waals surface area contributed by atoms with Crippen molar-refractivity contribution in [1.29, 1.82) is 0 Å². The van der Waals surface area contributed by atoms with Crippen molar-refractivity contribution in [3.63, 3.8) is 0 Å². The van der Waals surface area contributed by atoms with Crippen molar-refractivity contribution >= 4 is 0 Å². The lowest BCUT2D eigenvalue weighted by Crippen LogP contribution is -2.56. The number of hydrogen-bond acceptors (Lipinski definition) is 3. The lowest BCUT2D eigenvalue weighted by atomic mass is 9.82. The molecule has 3 nitrogen and oxygen atoms in total. The molecule has 2 atom stereocenters. The van der Waals surface area contributed by atoms with E-state index in [1.54, 1.807) is 0 Å². The summed E-state index contributed by atoms with van der Waals surface area (Å²) in [6.45, 7) is 10.5. The SMILES string of the molecule is CCCNC(c1cccnc1)C(C)(CC)N1CCCCC1. The molecule has 1 saturated heterocycles. The molecule has 1 aromatic rings. The number of piperidine rings is 1. The molecule has 0 aliphatic carbocycles. The third kappa shape index (κ3) is 3.83. The van der Waals surface area contributed by atoms with E-state index < -0.39 is 0 Å². The summed E-state index contributed by atoms with van der Waals surface area (Å²) in [7, 11) is 0. The Hall–Kier alpha value is -0.930. The molecule has 0 aromatic carbocycles. The Morgan fingerprint density at radius 1 is 1.29 bits per heavy atom. The van der Waals surface area contributed by atoms with E-state index in [1.165, 1.54) is 37.9 Å². The van der Waals surface area contributed by atoms with E-state index >= 15 is 0 Å². The first-order valence-electron chi connectivity index (χ1n) is 8.60. The fourth-order valence-corrected chi connectivity index (χ4v) is 3.55. The van der Waals surface area contributed by atoms with Crippen LogP contribution in [-0.4, -0.2) is 35.1 Å². The molecule has 1 fully saturated rings. The second kappa shape index (κ2) is 7.90. The van der Waals surface area contributed by atoms with Crippen LogP contribution in [0.1, 0.15) is 64.5 Å². The zero-order valence-corrected chi connectivity index (χ0v) is 13.9. The minimum atomic E-state index is 0.165. The van der Waals surface area contributed by atoms with Crippen molar-refractivity contribution in [3.05, 3.63) is 30.1 Å². The van der Waals surface area contributed by atoms with Crippen LogP contribution >= 0.6 is 0 Å². The van der Waals surface area contributed by atoms with Gasteiger partial charge < -0.3 is 5.32 Å². The van der Waals surface area contributed by atoms with Crippen molar-refractivity contribution < 1.29 is 0 Å². The van der Waals surface area contributed by atoms with Crippen molar-refractivity contribution in [3.8, 4) is 0 Å². The third-order valence-corrected chi connectivity index (χ3v) is 5.03. The Kier molecular flexibility index (Phi) is 6.19. The van der Waals surface area contributed by atoms with E-state index in [1.807, 2.05) is 12.4 Å². The maximum atomic E-state index is 4.35. The van der Waals surface area contributed by atoms with Crippen LogP contribution in [0.2, 0.25) is 0 Å². The molecule has 2 rings (SSSR count). The molecule has 0 spiro atoms. The van der Waals surface area contributed by atoms with Gasteiger partial charge in [0.2, 0.25) is 0 Å². The predicted octanol–water partition coefficient (Wildman–Crippen LogP) is 3.78. The number of rotatable bonds is 7. The lowest BCUT2D eigenvalue weighted by molar-refractivity contribution is 0.0423. The Bertz CT molecular complexity index is 400. The number of hydrogen-bond donors (Lipinski definition) is 1. The zero-order valence-electron chi connectivity index (χ0n) is 13.9. The van der Waals surface area contributed by atoms with E-state index in [0.717, 1.165) is 19.4 Å². The van der Waals surface area contributed by atoms with E-state index in [9.17, 15) is 0 Å². The van der Waals surface area contributed by atoms with Gasteiger partial charge in [-0.3, -0.25) is 9.88 Å². The first-order chi connectivity index (χ1) is 10.2. The maximum Gasteiger partial charge on any atom is 0.0519 e. The van der Waals surface area contributed by atoms with Crippen LogP contribution in [0.4, 0.5) is 0 Å². The lowest BCUT2D eigenvalue weighted by Gasteiger charge is -2.48. The second-order valence-corrected chi connectivity index (χ2v) is 6.43. The van der Waals surface area contributed by atoms with Crippen LogP contribution in [0.25, 0.3) is 0 Å². The molecule has 1 aromatic heterocycles. The molecule has 0 radical (unpaired) electrons. The van der Waals surface area contributed by atoms with Crippen LogP contribution in [0.15, 0.2) is 24.5 Å². The van der Waals surface area contributed by atoms with Gasteiger partial charge in [0.05, 0.1) is 6.04 Å². The smallest absolute Gasteiger partial charge is 0.0519 e. The minimum absolute atomic E-state index is 0.165. The molecule has 1 aliphatic rings. The summed E-state index contributed by atoms with van der Waals surface area (Å²) >= 11 is 0. The van der Waals surface area contributed by atoms with Gasteiger partial charge in [-0.15, -0.1) is 0 Å². The highest BCUT2D eigenvalue weighted by molar-refractivity contribution is 5.19. The van der Waals surface area contributed by atoms with Gasteiger partial charge >= 0.3 is 0 Å². The van der Waals surface area contributed by atoms with Crippen molar-refractivity contribution in [2.45, 2.75) is 64.5 Å². The van der Waals surface area contributed by atoms with E-state index in [-0.39, 0.29) is 5.54 Å². The van der Waals surface area contributed by atoms with E-state index in [4.69, 9.17) is 0 Å². The molecule has 0 amide bonds. The zero-order chi connectivity index (χ0) is 15.1. The van der Waals surface area contributed by atoms with Gasteiger partial charge in [0.1, 0.15) is 0 Å². The van der Waals surface area contributed by atoms with E-state index in [2.05, 4.69) is 48.1 Å². The number of aromatic nitrogens is 1. The highest BCUT2D eigenvalue weighted by Crippen LogP contribution is 2.35. The van der Waals surface area contributed by atoms with Crippen LogP contribution in [0, 0.1) is 0 Å². The molecular weight excluding hydrogens is 258 g/mol. The van der Waals surface area contributed by atoms with Crippen molar-refractivity contribution in [2.24, 2.45) is 0 Å². The highest BCUT2D eigenvalue weighted by Gasteiger charge is 2.39. The standard InChI is InChI=1S/C18H31N3/c1-4-11-20-17(16-10-9-12-19-15-16)18(3,5-2)21-13-7-6-8-14-21/h9-10,12,15,17,20H,4-8,11,13-14H2,1-3H3. The van der Waals surface area contributed by atoms with Gasteiger partial charge in [0, 0.05) is 17.9 Å². The monoisotopic (exact) mass is 289 g/mol. The second-order valence-electron chi connectivity index (χ2n) is 6.43. The molecule has 0 saturated carbocycles. The first kappa shape index (κ1) is 16.4. The Labute approximate surface area is 130 Å². The quantitative estimate of drug-likeness (QED) is 0.828. The largest absolute Gasteiger partial charge is 0.308 e. The van der Waals surface area contributed by atoms with Crippen molar-refractivity contribution in [2.75, 3.05) is 19.6 Å². The number of likely N-dealkylation sites (tertiary alicyclic amines) is 1. The maximum absolute atomic E-state index is 4.35. The summed E-state index contributed by atoms with van der Waals surface area (Å²) in [6, 6.07) is 4.63. The average Bonchev–Trinajstić information content (AvgIpc) is 2.56. The van der Waals surface area contributed by atoms with Crippen molar-refractivity contribution in [1.82, 2.24) is 15.2 Å². The fraction of sp³-hybridized carbons (Fsp3) is 0.722. The summed E-state index contributed by atoms with van der Waals surface area (Å²) in [5, 5.41) is 3.79. The van der Waals surface area contributed by atoms with E-state index in [0.29, 0.717) is 6.04 Å². The number of pyridine rings is 1. The Morgan fingerprint density at radius 3 is 2.62 bits per heavy atom. The van der Waals surface area contributed by atoms with Crippen LogP contribution in [-0.2, 0) is 0 Å². The average molecular weight is 289 g/mol. The molecule has 2 unspecified atom stereocenters. The summed E-state index contributed by atoms with van der Waals surface area (Å²) in [5.41, 5.74) is 1.49. The van der Waals surface area contributed by atoms with Gasteiger partial charge in [0.15, 0.2) is 0 Å². The number of nitrogens with one attached hydrogen (secondary N) is 1. The summed E-state index contributed by atoms with van der Waals surface area (Å²) < 4.78 is 0. The normalized spacial score (nSPS) is 20.9. The molecular formula is C18H31N3. The highest BCUT2D eigenvalue weighted by atomic mass is 15.2. The summed E-state index contributed by atoms with van der Waals surface area (Å²) in [6.07, 6.45) is 10.3. The molecule has 0 bridgehead atoms. The third-order valence-electron chi connectivity index (χ3n) is 5.03. The van der Waals surface area contributed by atoms with Gasteiger partial charge in [-0.2, -0.15) is 0 Å². The molecule has 1 N–H and O–H groups in total. The molecule has 2 heterocycles. The van der Waals surface area contributed by atoms with Crippen LogP contribution in [0.3, 0.4) is 0 Å². The molecule has 118 valence electrons. The fourth-order valence-electron chi connectivity index (χ4n) is 3.55. The summed E-state index contributed by atoms with van der Waals surface area (Å²) in [4.78, 5) is 7.05. The molecule has 3 heteroatoms. The Morgan fingerprint density at radius 2 is 2.05 bits per heavy atom. The van der Waals surface area contributed by atoms with Crippen LogP contribution in [0.5, 0.6) is 0 Å². The van der Waals surface area contributed by atoms with Gasteiger partial charge in [-0.1, -0.05) is 26.3 Å². The topological polar surface area (TPSA) is 28.2 Å².